The molecule has 0 fully saturated rings. The molecule has 0 amide bonds. The largest absolute Gasteiger partial charge is 0.311 e. The van der Waals surface area contributed by atoms with Crippen molar-refractivity contribution >= 4 is 23.5 Å². The number of allylic oxidation sites excluding steroid dienone is 3. The Morgan fingerprint density at radius 2 is 0.837 bits per heavy atom. The Bertz CT molecular complexity index is 4640. The van der Waals surface area contributed by atoms with Gasteiger partial charge in [0.15, 0.2) is 0 Å². The lowest BCUT2D eigenvalue weighted by atomic mass is 9.64. The van der Waals surface area contributed by atoms with Crippen molar-refractivity contribution in [3.8, 4) is 55.6 Å². The Labute approximate surface area is 507 Å². The first-order valence-corrected chi connectivity index (χ1v) is 30.7. The molecule has 4 atom stereocenters. The third-order valence-corrected chi connectivity index (χ3v) is 20.5. The zero-order valence-electron chi connectivity index (χ0n) is 49.4. The highest BCUT2D eigenvalue weighted by molar-refractivity contribution is 5.89. The molecular formula is C85H67N. The van der Waals surface area contributed by atoms with Crippen LogP contribution in [0.4, 0.5) is 11.4 Å². The van der Waals surface area contributed by atoms with E-state index in [9.17, 15) is 0 Å². The summed E-state index contributed by atoms with van der Waals surface area (Å²) in [7, 11) is 0. The van der Waals surface area contributed by atoms with Gasteiger partial charge in [0.1, 0.15) is 0 Å². The van der Waals surface area contributed by atoms with E-state index in [1.165, 1.54) is 123 Å². The fourth-order valence-corrected chi connectivity index (χ4v) is 16.2. The van der Waals surface area contributed by atoms with E-state index in [4.69, 9.17) is 0 Å². The smallest absolute Gasteiger partial charge is 0.0538 e. The third kappa shape index (κ3) is 7.77. The molecule has 5 aliphatic rings. The predicted molar refractivity (Wildman–Crippen MR) is 361 cm³/mol. The third-order valence-electron chi connectivity index (χ3n) is 20.5. The summed E-state index contributed by atoms with van der Waals surface area (Å²) in [6, 6.07) is 95.0. The van der Waals surface area contributed by atoms with Crippen molar-refractivity contribution < 1.29 is 0 Å². The highest BCUT2D eigenvalue weighted by Crippen LogP contribution is 2.66. The molecule has 0 saturated carbocycles. The number of hydrogen-bond donors (Lipinski definition) is 0. The number of benzene rings is 11. The van der Waals surface area contributed by atoms with Crippen molar-refractivity contribution in [2.45, 2.75) is 62.2 Å². The first-order valence-electron chi connectivity index (χ1n) is 30.7. The summed E-state index contributed by atoms with van der Waals surface area (Å²) in [6.07, 6.45) is 12.3. The summed E-state index contributed by atoms with van der Waals surface area (Å²) < 4.78 is 0. The van der Waals surface area contributed by atoms with Gasteiger partial charge >= 0.3 is 0 Å². The molecule has 0 aromatic heterocycles. The Morgan fingerprint density at radius 1 is 0.407 bits per heavy atom. The molecule has 0 saturated heterocycles. The van der Waals surface area contributed by atoms with Crippen LogP contribution in [-0.2, 0) is 22.7 Å². The molecule has 0 N–H and O–H groups in total. The van der Waals surface area contributed by atoms with E-state index in [0.29, 0.717) is 0 Å². The quantitative estimate of drug-likeness (QED) is 0.125. The maximum Gasteiger partial charge on any atom is 0.0538 e. The topological polar surface area (TPSA) is 3.24 Å². The Kier molecular flexibility index (Phi) is 11.8. The van der Waals surface area contributed by atoms with Crippen molar-refractivity contribution in [2.24, 2.45) is 5.92 Å². The van der Waals surface area contributed by atoms with Gasteiger partial charge in [-0.3, -0.25) is 0 Å². The van der Waals surface area contributed by atoms with Crippen LogP contribution in [0.3, 0.4) is 0 Å². The number of rotatable bonds is 11. The highest BCUT2D eigenvalue weighted by Gasteiger charge is 2.58. The molecule has 1 spiro atoms. The van der Waals surface area contributed by atoms with Gasteiger partial charge in [-0.2, -0.15) is 0 Å². The van der Waals surface area contributed by atoms with E-state index < -0.39 is 5.41 Å². The van der Waals surface area contributed by atoms with Crippen LogP contribution in [0.2, 0.25) is 0 Å². The van der Waals surface area contributed by atoms with Gasteiger partial charge in [0, 0.05) is 45.7 Å². The van der Waals surface area contributed by atoms with E-state index in [2.05, 4.69) is 313 Å². The summed E-state index contributed by atoms with van der Waals surface area (Å²) in [6.45, 7) is 17.6. The minimum atomic E-state index is -0.483. The Morgan fingerprint density at radius 3 is 1.41 bits per heavy atom. The Hall–Kier alpha value is -9.82. The van der Waals surface area contributed by atoms with Crippen LogP contribution in [0.15, 0.2) is 286 Å². The van der Waals surface area contributed by atoms with Crippen LogP contribution in [0.1, 0.15) is 112 Å². The monoisotopic (exact) mass is 1100 g/mol. The standard InChI is InChI=1S/C85H67N/c1-7-54-25-31-57(32-26-54)59-35-29-56(30-36-59)49-74(61-39-45-70-66-17-9-13-21-75(66)83(3,4)79(70)50-61)62-40-46-72-68-19-11-15-23-77(68)85(81(72)51-62)78-24-16-12-20-69(78)73-48-44-65(53-82(73)85)86(63-41-37-60(38-42-63)58-33-27-55(8-2)28-34-58)64-43-47-71-67-18-10-14-22-76(67)84(5,6)80(71)52-64/h7-48,50-53,73-74,82H,1-2,49H2,3-6H3. The molecule has 16 rings (SSSR count). The molecule has 4 unspecified atom stereocenters. The van der Waals surface area contributed by atoms with Crippen molar-refractivity contribution in [3.63, 3.8) is 0 Å². The van der Waals surface area contributed by atoms with Crippen LogP contribution >= 0.6 is 0 Å². The van der Waals surface area contributed by atoms with Crippen molar-refractivity contribution in [2.75, 3.05) is 4.90 Å². The zero-order valence-corrected chi connectivity index (χ0v) is 49.4. The lowest BCUT2D eigenvalue weighted by Gasteiger charge is -2.39. The number of anilines is 2. The first-order chi connectivity index (χ1) is 42.0. The Balaban J connectivity index is 0.865. The molecule has 0 radical (unpaired) electrons. The summed E-state index contributed by atoms with van der Waals surface area (Å²) in [4.78, 5) is 2.54. The van der Waals surface area contributed by atoms with Crippen LogP contribution in [0.25, 0.3) is 67.8 Å². The van der Waals surface area contributed by atoms with Gasteiger partial charge < -0.3 is 4.90 Å². The average Bonchev–Trinajstić information content (AvgIpc) is 1.55. The predicted octanol–water partition coefficient (Wildman–Crippen LogP) is 21.6. The minimum absolute atomic E-state index is 0.0589. The zero-order chi connectivity index (χ0) is 58.1. The van der Waals surface area contributed by atoms with Crippen molar-refractivity contribution in [1.82, 2.24) is 0 Å². The lowest BCUT2D eigenvalue weighted by molar-refractivity contribution is 0.462. The maximum atomic E-state index is 4.01. The molecule has 5 aliphatic carbocycles. The van der Waals surface area contributed by atoms with Crippen molar-refractivity contribution in [3.05, 3.63) is 358 Å². The van der Waals surface area contributed by atoms with E-state index >= 15 is 0 Å². The molecule has 1 nitrogen and oxygen atoms in total. The normalized spacial score (nSPS) is 18.3. The molecule has 11 aromatic rings. The molecule has 412 valence electrons. The fraction of sp³-hybridized carbons (Fsp3) is 0.129. The van der Waals surface area contributed by atoms with E-state index in [-0.39, 0.29) is 28.6 Å². The lowest BCUT2D eigenvalue weighted by Crippen LogP contribution is -2.34. The summed E-state index contributed by atoms with van der Waals surface area (Å²) in [5.41, 5.74) is 32.9. The van der Waals surface area contributed by atoms with Gasteiger partial charge in [0.25, 0.3) is 0 Å². The van der Waals surface area contributed by atoms with Gasteiger partial charge in [-0.25, -0.2) is 0 Å². The molecule has 86 heavy (non-hydrogen) atoms. The van der Waals surface area contributed by atoms with E-state index in [0.717, 1.165) is 28.9 Å². The molecule has 0 bridgehead atoms. The van der Waals surface area contributed by atoms with Gasteiger partial charge in [-0.15, -0.1) is 0 Å². The second-order valence-electron chi connectivity index (χ2n) is 25.6. The van der Waals surface area contributed by atoms with Crippen molar-refractivity contribution in [1.29, 1.82) is 0 Å². The van der Waals surface area contributed by atoms with E-state index in [1.807, 2.05) is 12.2 Å². The molecular weight excluding hydrogens is 1030 g/mol. The van der Waals surface area contributed by atoms with Gasteiger partial charge in [-0.05, 0) is 165 Å². The highest BCUT2D eigenvalue weighted by atomic mass is 15.1. The number of fused-ring (bicyclic) bond motifs is 16. The average molecular weight is 1100 g/mol. The molecule has 1 heteroatoms. The van der Waals surface area contributed by atoms with Crippen LogP contribution in [-0.4, -0.2) is 0 Å². The van der Waals surface area contributed by atoms with Gasteiger partial charge in [0.2, 0.25) is 0 Å². The van der Waals surface area contributed by atoms with Crippen LogP contribution in [0, 0.1) is 5.92 Å². The second kappa shape index (κ2) is 19.6. The first kappa shape index (κ1) is 51.8. The number of nitrogens with zero attached hydrogens (tertiary/aromatic N) is 1. The molecule has 11 aromatic carbocycles. The SMILES string of the molecule is C=Cc1ccc(-c2ccc(CC(c3ccc4c(c3)C(C)(C)c3ccccc3-4)c3ccc4c(c3)C3(c5ccccc5-4)c4ccccc4C4C=CC(N(c5ccc(-c6ccc(C=C)cc6)cc5)c5ccc6c(c5)C(C)(C)c5ccccc5-6)=CC43)cc2)cc1. The van der Waals surface area contributed by atoms with E-state index in [1.54, 1.807) is 0 Å². The van der Waals surface area contributed by atoms with Gasteiger partial charge in [0.05, 0.1) is 5.41 Å². The fourth-order valence-electron chi connectivity index (χ4n) is 16.2. The maximum absolute atomic E-state index is 4.01. The van der Waals surface area contributed by atoms with Gasteiger partial charge in [-0.1, -0.05) is 290 Å². The molecule has 0 heterocycles. The summed E-state index contributed by atoms with van der Waals surface area (Å²) in [5.74, 6) is 0.280. The summed E-state index contributed by atoms with van der Waals surface area (Å²) >= 11 is 0. The van der Waals surface area contributed by atoms with Crippen LogP contribution in [0.5, 0.6) is 0 Å². The minimum Gasteiger partial charge on any atom is -0.311 e. The summed E-state index contributed by atoms with van der Waals surface area (Å²) in [5, 5.41) is 0. The number of hydrogen-bond acceptors (Lipinski definition) is 1. The second-order valence-corrected chi connectivity index (χ2v) is 25.6. The molecule has 0 aliphatic heterocycles. The van der Waals surface area contributed by atoms with Crippen LogP contribution < -0.4 is 4.90 Å².